The van der Waals surface area contributed by atoms with E-state index in [1.165, 1.54) is 29.5 Å². The van der Waals surface area contributed by atoms with Crippen LogP contribution in [0.15, 0.2) is 23.6 Å². The Morgan fingerprint density at radius 1 is 1.33 bits per heavy atom. The van der Waals surface area contributed by atoms with Crippen molar-refractivity contribution < 1.29 is 19.2 Å². The van der Waals surface area contributed by atoms with Crippen LogP contribution in [0.1, 0.15) is 64.9 Å². The molecule has 1 heterocycles. The quantitative estimate of drug-likeness (QED) is 0.338. The zero-order valence-corrected chi connectivity index (χ0v) is 18.1. The van der Waals surface area contributed by atoms with Crippen molar-refractivity contribution >= 4 is 40.5 Å². The lowest BCUT2D eigenvalue weighted by atomic mass is 9.93. The molecule has 0 radical (unpaired) electrons. The molecular weight excluding hydrogens is 430 g/mol. The van der Waals surface area contributed by atoms with Gasteiger partial charge in [-0.15, -0.1) is 11.3 Å². The van der Waals surface area contributed by atoms with E-state index in [9.17, 15) is 19.7 Å². The molecule has 0 spiro atoms. The van der Waals surface area contributed by atoms with Crippen molar-refractivity contribution in [2.45, 2.75) is 51.6 Å². The zero-order valence-electron chi connectivity index (χ0n) is 16.5. The number of nitrogens with zero attached hydrogens (tertiary/aromatic N) is 3. The number of hydrogen-bond acceptors (Lipinski definition) is 7. The summed E-state index contributed by atoms with van der Waals surface area (Å²) in [6, 6.07) is 4.09. The lowest BCUT2D eigenvalue weighted by Crippen LogP contribution is -2.41. The smallest absolute Gasteiger partial charge is 0.357 e. The van der Waals surface area contributed by atoms with Crippen molar-refractivity contribution in [3.05, 3.63) is 55.0 Å². The predicted octanol–water partition coefficient (Wildman–Crippen LogP) is 4.86. The number of carbonyl (C=O) groups excluding carboxylic acids is 2. The van der Waals surface area contributed by atoms with E-state index in [-0.39, 0.29) is 47.1 Å². The highest BCUT2D eigenvalue weighted by Gasteiger charge is 2.29. The summed E-state index contributed by atoms with van der Waals surface area (Å²) >= 11 is 7.18. The van der Waals surface area contributed by atoms with E-state index in [0.29, 0.717) is 5.01 Å². The van der Waals surface area contributed by atoms with Crippen LogP contribution < -0.4 is 0 Å². The van der Waals surface area contributed by atoms with Crippen LogP contribution in [0.5, 0.6) is 0 Å². The Bertz CT molecular complexity index is 942. The van der Waals surface area contributed by atoms with Crippen LogP contribution in [0, 0.1) is 10.1 Å². The molecule has 0 aliphatic heterocycles. The maximum atomic E-state index is 13.3. The van der Waals surface area contributed by atoms with E-state index < -0.39 is 10.9 Å². The Labute approximate surface area is 183 Å². The molecule has 0 saturated heterocycles. The summed E-state index contributed by atoms with van der Waals surface area (Å²) in [5, 5.41) is 13.4. The van der Waals surface area contributed by atoms with Crippen LogP contribution in [-0.2, 0) is 11.3 Å². The van der Waals surface area contributed by atoms with Gasteiger partial charge in [0.25, 0.3) is 11.6 Å². The first-order chi connectivity index (χ1) is 14.4. The third kappa shape index (κ3) is 5.14. The van der Waals surface area contributed by atoms with Crippen molar-refractivity contribution in [2.75, 3.05) is 6.61 Å². The minimum absolute atomic E-state index is 0.0101. The van der Waals surface area contributed by atoms with E-state index in [1.807, 2.05) is 0 Å². The SMILES string of the molecule is CCOC(=O)c1csc(CN(C(=O)c2ccc(Cl)c([N+](=O)[O-])c2)C2CCCCC2)n1. The number of carbonyl (C=O) groups is 2. The standard InChI is InChI=1S/C20H22ClN3O5S/c1-2-29-20(26)16-12-30-18(22-16)11-23(14-6-4-3-5-7-14)19(25)13-8-9-15(21)17(10-13)24(27)28/h8-10,12,14H,2-7,11H2,1H3. The number of nitro groups is 1. The van der Waals surface area contributed by atoms with E-state index in [1.54, 1.807) is 17.2 Å². The predicted molar refractivity (Wildman–Crippen MR) is 113 cm³/mol. The minimum atomic E-state index is -0.601. The highest BCUT2D eigenvalue weighted by Crippen LogP contribution is 2.29. The van der Waals surface area contributed by atoms with Crippen LogP contribution in [0.4, 0.5) is 5.69 Å². The number of aromatic nitrogens is 1. The van der Waals surface area contributed by atoms with Crippen molar-refractivity contribution in [1.82, 2.24) is 9.88 Å². The first-order valence-corrected chi connectivity index (χ1v) is 11.0. The number of benzene rings is 1. The van der Waals surface area contributed by atoms with Crippen LogP contribution in [0.2, 0.25) is 5.02 Å². The van der Waals surface area contributed by atoms with Gasteiger partial charge in [-0.3, -0.25) is 14.9 Å². The fraction of sp³-hybridized carbons (Fsp3) is 0.450. The molecule has 1 amide bonds. The molecule has 0 N–H and O–H groups in total. The fourth-order valence-corrected chi connectivity index (χ4v) is 4.49. The molecular formula is C20H22ClN3O5S. The van der Waals surface area contributed by atoms with Crippen molar-refractivity contribution in [3.8, 4) is 0 Å². The Morgan fingerprint density at radius 2 is 2.07 bits per heavy atom. The average Bonchev–Trinajstić information content (AvgIpc) is 3.21. The van der Waals surface area contributed by atoms with E-state index >= 15 is 0 Å². The lowest BCUT2D eigenvalue weighted by molar-refractivity contribution is -0.384. The molecule has 1 aliphatic rings. The third-order valence-corrected chi connectivity index (χ3v) is 6.16. The van der Waals surface area contributed by atoms with Gasteiger partial charge in [0.1, 0.15) is 10.0 Å². The van der Waals surface area contributed by atoms with Crippen LogP contribution >= 0.6 is 22.9 Å². The molecule has 0 unspecified atom stereocenters. The number of thiazole rings is 1. The summed E-state index contributed by atoms with van der Waals surface area (Å²) in [4.78, 5) is 41.9. The molecule has 1 aromatic carbocycles. The zero-order chi connectivity index (χ0) is 21.7. The Balaban J connectivity index is 1.87. The molecule has 1 aliphatic carbocycles. The van der Waals surface area contributed by atoms with Crippen molar-refractivity contribution in [2.24, 2.45) is 0 Å². The molecule has 2 aromatic rings. The molecule has 1 aromatic heterocycles. The van der Waals surface area contributed by atoms with Crippen molar-refractivity contribution in [1.29, 1.82) is 0 Å². The molecule has 3 rings (SSSR count). The molecule has 30 heavy (non-hydrogen) atoms. The largest absolute Gasteiger partial charge is 0.461 e. The van der Waals surface area contributed by atoms with Gasteiger partial charge < -0.3 is 9.64 Å². The average molecular weight is 452 g/mol. The normalized spacial score (nSPS) is 14.3. The van der Waals surface area contributed by atoms with Gasteiger partial charge in [-0.2, -0.15) is 0 Å². The van der Waals surface area contributed by atoms with Crippen LogP contribution in [0.25, 0.3) is 0 Å². The molecule has 8 nitrogen and oxygen atoms in total. The van der Waals surface area contributed by atoms with E-state index in [4.69, 9.17) is 16.3 Å². The summed E-state index contributed by atoms with van der Waals surface area (Å²) in [7, 11) is 0. The minimum Gasteiger partial charge on any atom is -0.461 e. The summed E-state index contributed by atoms with van der Waals surface area (Å²) in [6.07, 6.45) is 4.87. The second kappa shape index (κ2) is 9.99. The number of halogens is 1. The topological polar surface area (TPSA) is 103 Å². The number of nitro benzene ring substituents is 1. The number of rotatable bonds is 7. The third-order valence-electron chi connectivity index (χ3n) is 5.01. The Kier molecular flexibility index (Phi) is 7.38. The van der Waals surface area contributed by atoms with Gasteiger partial charge in [0.15, 0.2) is 5.69 Å². The van der Waals surface area contributed by atoms with E-state index in [2.05, 4.69) is 4.98 Å². The van der Waals surface area contributed by atoms with Gasteiger partial charge in [-0.1, -0.05) is 30.9 Å². The molecule has 160 valence electrons. The summed E-state index contributed by atoms with van der Waals surface area (Å²) in [5.41, 5.74) is 0.124. The molecule has 1 saturated carbocycles. The molecule has 10 heteroatoms. The summed E-state index contributed by atoms with van der Waals surface area (Å²) in [6.45, 7) is 2.21. The summed E-state index contributed by atoms with van der Waals surface area (Å²) < 4.78 is 4.97. The van der Waals surface area contributed by atoms with Gasteiger partial charge in [-0.05, 0) is 31.9 Å². The highest BCUT2D eigenvalue weighted by atomic mass is 35.5. The van der Waals surface area contributed by atoms with E-state index in [0.717, 1.165) is 32.1 Å². The second-order valence-corrected chi connectivity index (χ2v) is 8.34. The van der Waals surface area contributed by atoms with Crippen molar-refractivity contribution in [3.63, 3.8) is 0 Å². The fourth-order valence-electron chi connectivity index (χ4n) is 3.54. The summed E-state index contributed by atoms with van der Waals surface area (Å²) in [5.74, 6) is -0.807. The van der Waals surface area contributed by atoms with Crippen LogP contribution in [0.3, 0.4) is 0 Å². The molecule has 1 fully saturated rings. The van der Waals surface area contributed by atoms with Gasteiger partial charge in [0.2, 0.25) is 0 Å². The van der Waals surface area contributed by atoms with Gasteiger partial charge in [0.05, 0.1) is 18.1 Å². The number of ether oxygens (including phenoxy) is 1. The second-order valence-electron chi connectivity index (χ2n) is 7.00. The number of amides is 1. The van der Waals surface area contributed by atoms with Gasteiger partial charge in [-0.25, -0.2) is 9.78 Å². The van der Waals surface area contributed by atoms with Crippen LogP contribution in [-0.4, -0.2) is 39.3 Å². The monoisotopic (exact) mass is 451 g/mol. The first kappa shape index (κ1) is 22.2. The Morgan fingerprint density at radius 3 is 2.73 bits per heavy atom. The molecule has 0 bridgehead atoms. The number of esters is 1. The lowest BCUT2D eigenvalue weighted by Gasteiger charge is -2.34. The maximum Gasteiger partial charge on any atom is 0.357 e. The Hall–Kier alpha value is -2.52. The molecule has 0 atom stereocenters. The highest BCUT2D eigenvalue weighted by molar-refractivity contribution is 7.09. The number of hydrogen-bond donors (Lipinski definition) is 0. The van der Waals surface area contributed by atoms with Gasteiger partial charge in [0, 0.05) is 23.1 Å². The maximum absolute atomic E-state index is 13.3. The van der Waals surface area contributed by atoms with Gasteiger partial charge >= 0.3 is 5.97 Å². The first-order valence-electron chi connectivity index (χ1n) is 9.77.